The molecule has 0 spiro atoms. The number of carbonyl (C=O) groups is 1. The lowest BCUT2D eigenvalue weighted by molar-refractivity contribution is 0.0695. The van der Waals surface area contributed by atoms with E-state index in [1.54, 1.807) is 16.4 Å². The van der Waals surface area contributed by atoms with Crippen LogP contribution in [-0.4, -0.2) is 66.7 Å². The van der Waals surface area contributed by atoms with E-state index in [2.05, 4.69) is 4.90 Å². The van der Waals surface area contributed by atoms with Gasteiger partial charge in [0.1, 0.15) is 0 Å². The third-order valence-electron chi connectivity index (χ3n) is 4.58. The van der Waals surface area contributed by atoms with Gasteiger partial charge in [-0.1, -0.05) is 18.2 Å². The Kier molecular flexibility index (Phi) is 4.70. The molecule has 0 aromatic heterocycles. The Morgan fingerprint density at radius 1 is 1.13 bits per heavy atom. The minimum Gasteiger partial charge on any atom is -0.478 e. The molecule has 0 atom stereocenters. The van der Waals surface area contributed by atoms with Crippen LogP contribution in [0.5, 0.6) is 0 Å². The Morgan fingerprint density at radius 2 is 1.78 bits per heavy atom. The average molecular weight is 338 g/mol. The fourth-order valence-electron chi connectivity index (χ4n) is 3.01. The third-order valence-corrected chi connectivity index (χ3v) is 6.98. The first-order valence-corrected chi connectivity index (χ1v) is 9.51. The van der Waals surface area contributed by atoms with Gasteiger partial charge < -0.3 is 10.0 Å². The minimum atomic E-state index is -3.07. The van der Waals surface area contributed by atoms with Crippen LogP contribution in [0.1, 0.15) is 28.8 Å². The Hall–Kier alpha value is -1.44. The van der Waals surface area contributed by atoms with Crippen molar-refractivity contribution in [1.29, 1.82) is 0 Å². The average Bonchev–Trinajstić information content (AvgIpc) is 3.39. The maximum Gasteiger partial charge on any atom is 0.335 e. The summed E-state index contributed by atoms with van der Waals surface area (Å²) >= 11 is 0. The van der Waals surface area contributed by atoms with Crippen molar-refractivity contribution in [3.63, 3.8) is 0 Å². The lowest BCUT2D eigenvalue weighted by Crippen LogP contribution is -2.49. The van der Waals surface area contributed by atoms with Crippen molar-refractivity contribution >= 4 is 16.0 Å². The summed E-state index contributed by atoms with van der Waals surface area (Å²) in [7, 11) is -3.07. The minimum absolute atomic E-state index is 0.142. The number of rotatable bonds is 6. The van der Waals surface area contributed by atoms with Gasteiger partial charge >= 0.3 is 5.97 Å². The second-order valence-corrected chi connectivity index (χ2v) is 8.41. The maximum absolute atomic E-state index is 12.2. The summed E-state index contributed by atoms with van der Waals surface area (Å²) in [5.41, 5.74) is 1.18. The van der Waals surface area contributed by atoms with Gasteiger partial charge in [-0.3, -0.25) is 0 Å². The van der Waals surface area contributed by atoms with Gasteiger partial charge in [-0.15, -0.1) is 0 Å². The highest BCUT2D eigenvalue weighted by Gasteiger charge is 2.40. The molecule has 1 aliphatic heterocycles. The van der Waals surface area contributed by atoms with Gasteiger partial charge in [0.25, 0.3) is 0 Å². The van der Waals surface area contributed by atoms with Crippen LogP contribution >= 0.6 is 0 Å². The normalized spacial score (nSPS) is 20.5. The van der Waals surface area contributed by atoms with E-state index in [1.807, 2.05) is 12.1 Å². The second kappa shape index (κ2) is 6.59. The van der Waals surface area contributed by atoms with Gasteiger partial charge in [0, 0.05) is 32.7 Å². The third kappa shape index (κ3) is 3.73. The summed E-state index contributed by atoms with van der Waals surface area (Å²) in [6, 6.07) is 7.05. The van der Waals surface area contributed by atoms with Crippen molar-refractivity contribution in [2.24, 2.45) is 0 Å². The first kappa shape index (κ1) is 16.4. The van der Waals surface area contributed by atoms with Crippen molar-refractivity contribution in [1.82, 2.24) is 9.21 Å². The summed E-state index contributed by atoms with van der Waals surface area (Å²) in [5, 5.41) is 9.06. The number of carboxylic acids is 1. The first-order chi connectivity index (χ1) is 11.0. The number of carboxylic acid groups (broad SMARTS) is 1. The van der Waals surface area contributed by atoms with Crippen LogP contribution in [0.15, 0.2) is 24.3 Å². The van der Waals surface area contributed by atoms with Crippen molar-refractivity contribution < 1.29 is 18.3 Å². The Bertz CT molecular complexity index is 677. The van der Waals surface area contributed by atoms with Gasteiger partial charge in [-0.2, -0.15) is 4.31 Å². The van der Waals surface area contributed by atoms with Crippen molar-refractivity contribution in [3.05, 3.63) is 35.4 Å². The van der Waals surface area contributed by atoms with Gasteiger partial charge in [-0.05, 0) is 30.9 Å². The Balaban J connectivity index is 1.53. The lowest BCUT2D eigenvalue weighted by atomic mass is 10.0. The topological polar surface area (TPSA) is 77.9 Å². The predicted molar refractivity (Wildman–Crippen MR) is 87.1 cm³/mol. The van der Waals surface area contributed by atoms with Crippen LogP contribution < -0.4 is 0 Å². The van der Waals surface area contributed by atoms with E-state index in [4.69, 9.17) is 0 Å². The molecule has 2 fully saturated rings. The molecular formula is C16H22N2O4S. The Morgan fingerprint density at radius 3 is 2.39 bits per heavy atom. The lowest BCUT2D eigenvalue weighted by Gasteiger charge is -2.34. The van der Waals surface area contributed by atoms with E-state index in [0.29, 0.717) is 38.2 Å². The second-order valence-electron chi connectivity index (χ2n) is 6.20. The standard InChI is InChI=1S/C16H22N2O4S/c19-16(20)15-4-2-1-3-13(15)7-8-17-9-11-18(12-10-17)23(21,22)14-5-6-14/h1-4,14H,5-12H2,(H,19,20). The smallest absolute Gasteiger partial charge is 0.335 e. The number of hydrogen-bond acceptors (Lipinski definition) is 4. The molecule has 6 nitrogen and oxygen atoms in total. The summed E-state index contributed by atoms with van der Waals surface area (Å²) in [6.45, 7) is 3.25. The van der Waals surface area contributed by atoms with E-state index in [-0.39, 0.29) is 5.25 Å². The molecule has 0 amide bonds. The first-order valence-electron chi connectivity index (χ1n) is 8.01. The van der Waals surface area contributed by atoms with Gasteiger partial charge in [0.15, 0.2) is 0 Å². The van der Waals surface area contributed by atoms with Crippen LogP contribution in [-0.2, 0) is 16.4 Å². The zero-order valence-electron chi connectivity index (χ0n) is 13.0. The van der Waals surface area contributed by atoms with Crippen LogP contribution in [0.2, 0.25) is 0 Å². The monoisotopic (exact) mass is 338 g/mol. The van der Waals surface area contributed by atoms with Crippen LogP contribution in [0.25, 0.3) is 0 Å². The molecule has 7 heteroatoms. The highest BCUT2D eigenvalue weighted by molar-refractivity contribution is 7.90. The van der Waals surface area contributed by atoms with Crippen LogP contribution in [0.4, 0.5) is 0 Å². The molecule has 1 saturated carbocycles. The zero-order chi connectivity index (χ0) is 16.4. The number of piperazine rings is 1. The number of aromatic carboxylic acids is 1. The van der Waals surface area contributed by atoms with Crippen LogP contribution in [0, 0.1) is 0 Å². The zero-order valence-corrected chi connectivity index (χ0v) is 13.8. The molecule has 0 radical (unpaired) electrons. The molecule has 1 N–H and O–H groups in total. The molecule has 1 heterocycles. The Labute approximate surface area is 136 Å². The van der Waals surface area contributed by atoms with Crippen LogP contribution in [0.3, 0.4) is 0 Å². The molecule has 2 aliphatic rings. The number of benzene rings is 1. The van der Waals surface area contributed by atoms with Crippen molar-refractivity contribution in [2.75, 3.05) is 32.7 Å². The molecule has 23 heavy (non-hydrogen) atoms. The summed E-state index contributed by atoms with van der Waals surface area (Å²) in [5.74, 6) is -0.902. The molecule has 0 unspecified atom stereocenters. The molecule has 1 aliphatic carbocycles. The van der Waals surface area contributed by atoms with E-state index in [1.165, 1.54) is 0 Å². The van der Waals surface area contributed by atoms with Crippen molar-refractivity contribution in [2.45, 2.75) is 24.5 Å². The number of nitrogens with zero attached hydrogens (tertiary/aromatic N) is 2. The largest absolute Gasteiger partial charge is 0.478 e. The molecule has 1 saturated heterocycles. The fourth-order valence-corrected chi connectivity index (χ4v) is 4.84. The van der Waals surface area contributed by atoms with E-state index >= 15 is 0 Å². The summed E-state index contributed by atoms with van der Waals surface area (Å²) in [4.78, 5) is 13.4. The summed E-state index contributed by atoms with van der Waals surface area (Å²) < 4.78 is 26.0. The summed E-state index contributed by atoms with van der Waals surface area (Å²) in [6.07, 6.45) is 2.26. The van der Waals surface area contributed by atoms with Crippen molar-refractivity contribution in [3.8, 4) is 0 Å². The molecule has 126 valence electrons. The van der Waals surface area contributed by atoms with Gasteiger partial charge in [0.05, 0.1) is 10.8 Å². The molecule has 1 aromatic carbocycles. The van der Waals surface area contributed by atoms with E-state index in [9.17, 15) is 18.3 Å². The van der Waals surface area contributed by atoms with E-state index in [0.717, 1.165) is 24.9 Å². The maximum atomic E-state index is 12.2. The molecule has 1 aromatic rings. The highest BCUT2D eigenvalue weighted by Crippen LogP contribution is 2.31. The van der Waals surface area contributed by atoms with Gasteiger partial charge in [0.2, 0.25) is 10.0 Å². The van der Waals surface area contributed by atoms with E-state index < -0.39 is 16.0 Å². The SMILES string of the molecule is O=C(O)c1ccccc1CCN1CCN(S(=O)(=O)C2CC2)CC1. The number of hydrogen-bond donors (Lipinski definition) is 1. The molecule has 3 rings (SSSR count). The number of sulfonamides is 1. The molecule has 0 bridgehead atoms. The quantitative estimate of drug-likeness (QED) is 0.838. The molecular weight excluding hydrogens is 316 g/mol. The van der Waals surface area contributed by atoms with Gasteiger partial charge in [-0.25, -0.2) is 13.2 Å². The fraction of sp³-hybridized carbons (Fsp3) is 0.562. The highest BCUT2D eigenvalue weighted by atomic mass is 32.2. The predicted octanol–water partition coefficient (Wildman–Crippen LogP) is 1.04.